The van der Waals surface area contributed by atoms with Crippen LogP contribution in [0.5, 0.6) is 0 Å². The van der Waals surface area contributed by atoms with E-state index in [4.69, 9.17) is 4.55 Å². The molecule has 0 radical (unpaired) electrons. The lowest BCUT2D eigenvalue weighted by Gasteiger charge is -2.05. The topological polar surface area (TPSA) is 58.6 Å². The highest BCUT2D eigenvalue weighted by Gasteiger charge is 1.96. The molecule has 0 aromatic rings. The summed E-state index contributed by atoms with van der Waals surface area (Å²) in [4.78, 5) is 0. The van der Waals surface area contributed by atoms with E-state index in [0.29, 0.717) is 13.2 Å². The van der Waals surface area contributed by atoms with Gasteiger partial charge in [-0.2, -0.15) is 4.21 Å². The second kappa shape index (κ2) is 23.1. The normalized spacial score (nSPS) is 12.5. The maximum Gasteiger partial charge on any atom is 0.301 e. The van der Waals surface area contributed by atoms with Crippen LogP contribution in [0.15, 0.2) is 0 Å². The van der Waals surface area contributed by atoms with Crippen LogP contribution in [0.25, 0.3) is 0 Å². The van der Waals surface area contributed by atoms with E-state index in [9.17, 15) is 4.21 Å². The van der Waals surface area contributed by atoms with Gasteiger partial charge in [0.2, 0.25) is 0 Å². The summed E-state index contributed by atoms with van der Waals surface area (Å²) in [6.07, 6.45) is 23.7. The van der Waals surface area contributed by atoms with Gasteiger partial charge in [-0.05, 0) is 13.0 Å². The van der Waals surface area contributed by atoms with Gasteiger partial charge in [0.05, 0.1) is 6.61 Å². The maximum absolute atomic E-state index is 10.3. The van der Waals surface area contributed by atoms with Crippen molar-refractivity contribution in [3.05, 3.63) is 0 Å². The molecule has 2 N–H and O–H groups in total. The molecule has 0 heterocycles. The summed E-state index contributed by atoms with van der Waals surface area (Å²) in [7, 11) is 0. The first kappa shape index (κ1) is 26.0. The highest BCUT2D eigenvalue weighted by atomic mass is 32.2. The summed E-state index contributed by atoms with van der Waals surface area (Å²) in [6, 6.07) is 0. The summed E-state index contributed by atoms with van der Waals surface area (Å²) in [5, 5.41) is 3.22. The largest absolute Gasteiger partial charge is 0.314 e. The van der Waals surface area contributed by atoms with Crippen molar-refractivity contribution in [3.8, 4) is 0 Å². The molecule has 0 amide bonds. The maximum atomic E-state index is 10.3. The molecule has 0 saturated carbocycles. The molecule has 1 unspecified atom stereocenters. The van der Waals surface area contributed by atoms with E-state index in [-0.39, 0.29) is 0 Å². The lowest BCUT2D eigenvalue weighted by molar-refractivity contribution is 0.304. The molecule has 0 aliphatic carbocycles. The van der Waals surface area contributed by atoms with Crippen molar-refractivity contribution in [2.45, 2.75) is 116 Å². The molecule has 4 nitrogen and oxygen atoms in total. The summed E-state index contributed by atoms with van der Waals surface area (Å²) in [5.41, 5.74) is 0. The standard InChI is InChI=1S/C21H45NO3S/c1-2-3-4-5-6-7-8-9-10-11-12-13-14-15-16-17-18-19-22-20-21-25-26(23)24/h22H,2-21H2,1H3,(H,23,24). The number of nitrogens with one attached hydrogen (secondary N) is 1. The predicted molar refractivity (Wildman–Crippen MR) is 114 cm³/mol. The van der Waals surface area contributed by atoms with Crippen LogP contribution >= 0.6 is 0 Å². The van der Waals surface area contributed by atoms with Gasteiger partial charge in [0.1, 0.15) is 0 Å². The summed E-state index contributed by atoms with van der Waals surface area (Å²) < 4.78 is 23.2. The Morgan fingerprint density at radius 3 is 1.42 bits per heavy atom. The lowest BCUT2D eigenvalue weighted by Crippen LogP contribution is -2.21. The third-order valence-electron chi connectivity index (χ3n) is 4.92. The molecule has 0 spiro atoms. The molecule has 0 bridgehead atoms. The third kappa shape index (κ3) is 24.0. The lowest BCUT2D eigenvalue weighted by atomic mass is 10.0. The zero-order valence-electron chi connectivity index (χ0n) is 17.3. The van der Waals surface area contributed by atoms with Crippen LogP contribution in [-0.4, -0.2) is 28.5 Å². The van der Waals surface area contributed by atoms with Crippen LogP contribution in [-0.2, 0) is 15.5 Å². The van der Waals surface area contributed by atoms with Gasteiger partial charge in [0.15, 0.2) is 0 Å². The highest BCUT2D eigenvalue weighted by Crippen LogP contribution is 2.13. The molecule has 1 atom stereocenters. The van der Waals surface area contributed by atoms with E-state index in [1.807, 2.05) is 0 Å². The minimum atomic E-state index is -2.13. The van der Waals surface area contributed by atoms with Gasteiger partial charge in [0.25, 0.3) is 0 Å². The van der Waals surface area contributed by atoms with Gasteiger partial charge in [-0.15, -0.1) is 0 Å². The number of hydrogen-bond acceptors (Lipinski definition) is 3. The smallest absolute Gasteiger partial charge is 0.301 e. The summed E-state index contributed by atoms with van der Waals surface area (Å²) in [6.45, 7) is 4.19. The molecular weight excluding hydrogens is 346 g/mol. The molecule has 0 aromatic carbocycles. The van der Waals surface area contributed by atoms with E-state index in [2.05, 4.69) is 16.4 Å². The van der Waals surface area contributed by atoms with E-state index in [0.717, 1.165) is 6.54 Å². The average Bonchev–Trinajstić information content (AvgIpc) is 2.62. The van der Waals surface area contributed by atoms with Crippen molar-refractivity contribution < 1.29 is 12.9 Å². The molecule has 0 aromatic heterocycles. The van der Waals surface area contributed by atoms with Gasteiger partial charge < -0.3 is 5.32 Å². The van der Waals surface area contributed by atoms with Gasteiger partial charge in [0, 0.05) is 6.54 Å². The zero-order valence-corrected chi connectivity index (χ0v) is 18.1. The van der Waals surface area contributed by atoms with Crippen LogP contribution in [0.3, 0.4) is 0 Å². The Morgan fingerprint density at radius 2 is 1.04 bits per heavy atom. The number of hydrogen-bond donors (Lipinski definition) is 2. The summed E-state index contributed by atoms with van der Waals surface area (Å²) in [5.74, 6) is 0. The Hall–Kier alpha value is 0.0300. The Morgan fingerprint density at radius 1 is 0.654 bits per heavy atom. The first-order chi connectivity index (χ1) is 12.8. The quantitative estimate of drug-likeness (QED) is 0.166. The van der Waals surface area contributed by atoms with E-state index in [1.165, 1.54) is 109 Å². The van der Waals surface area contributed by atoms with Crippen LogP contribution in [0.2, 0.25) is 0 Å². The fourth-order valence-corrected chi connectivity index (χ4v) is 3.51. The van der Waals surface area contributed by atoms with Gasteiger partial charge >= 0.3 is 11.4 Å². The minimum absolute atomic E-state index is 0.294. The molecular formula is C21H45NO3S. The van der Waals surface area contributed by atoms with Crippen molar-refractivity contribution in [3.63, 3.8) is 0 Å². The Bertz CT molecular complexity index is 290. The first-order valence-corrected chi connectivity index (χ1v) is 12.3. The van der Waals surface area contributed by atoms with Gasteiger partial charge in [-0.3, -0.25) is 8.74 Å². The molecule has 158 valence electrons. The molecule has 0 aliphatic rings. The van der Waals surface area contributed by atoms with Crippen LogP contribution in [0.4, 0.5) is 0 Å². The molecule has 0 rings (SSSR count). The monoisotopic (exact) mass is 391 g/mol. The van der Waals surface area contributed by atoms with E-state index >= 15 is 0 Å². The van der Waals surface area contributed by atoms with E-state index < -0.39 is 11.4 Å². The van der Waals surface area contributed by atoms with Crippen LogP contribution in [0.1, 0.15) is 116 Å². The van der Waals surface area contributed by atoms with Crippen molar-refractivity contribution in [1.29, 1.82) is 0 Å². The molecule has 5 heteroatoms. The number of rotatable bonds is 22. The Labute approximate surface area is 165 Å². The van der Waals surface area contributed by atoms with Crippen LogP contribution < -0.4 is 5.32 Å². The Kier molecular flexibility index (Phi) is 23.1. The molecule has 0 aliphatic heterocycles. The Balaban J connectivity index is 2.98. The van der Waals surface area contributed by atoms with Crippen LogP contribution in [0, 0.1) is 0 Å². The second-order valence-corrected chi connectivity index (χ2v) is 8.12. The predicted octanol–water partition coefficient (Wildman–Crippen LogP) is 6.38. The van der Waals surface area contributed by atoms with Crippen molar-refractivity contribution in [1.82, 2.24) is 5.32 Å². The van der Waals surface area contributed by atoms with Gasteiger partial charge in [-0.25, -0.2) is 0 Å². The molecule has 0 saturated heterocycles. The average molecular weight is 392 g/mol. The van der Waals surface area contributed by atoms with E-state index in [1.54, 1.807) is 0 Å². The van der Waals surface area contributed by atoms with Gasteiger partial charge in [-0.1, -0.05) is 110 Å². The fraction of sp³-hybridized carbons (Fsp3) is 1.00. The van der Waals surface area contributed by atoms with Crippen molar-refractivity contribution >= 4 is 11.4 Å². The summed E-state index contributed by atoms with van der Waals surface area (Å²) >= 11 is -2.13. The highest BCUT2D eigenvalue weighted by molar-refractivity contribution is 7.74. The zero-order chi connectivity index (χ0) is 19.1. The third-order valence-corrected chi connectivity index (χ3v) is 5.29. The minimum Gasteiger partial charge on any atom is -0.314 e. The SMILES string of the molecule is CCCCCCCCCCCCCCCCCCCNCCOS(=O)O. The molecule has 26 heavy (non-hydrogen) atoms. The fourth-order valence-electron chi connectivity index (χ4n) is 3.28. The molecule has 0 fully saturated rings. The number of unbranched alkanes of at least 4 members (excludes halogenated alkanes) is 16. The van der Waals surface area contributed by atoms with Crippen molar-refractivity contribution in [2.24, 2.45) is 0 Å². The second-order valence-electron chi connectivity index (χ2n) is 7.45. The first-order valence-electron chi connectivity index (χ1n) is 11.2. The van der Waals surface area contributed by atoms with Crippen molar-refractivity contribution in [2.75, 3.05) is 19.7 Å².